The van der Waals surface area contributed by atoms with E-state index in [-0.39, 0.29) is 73.3 Å². The van der Waals surface area contributed by atoms with Crippen molar-refractivity contribution >= 4 is 43.3 Å². The molecule has 46 heavy (non-hydrogen) atoms. The number of nitrogens with one attached hydrogen (secondary N) is 1. The highest BCUT2D eigenvalue weighted by Crippen LogP contribution is 2.46. The molecule has 6 heterocycles. The number of ether oxygens (including phenoxy) is 1. The van der Waals surface area contributed by atoms with Gasteiger partial charge in [-0.1, -0.05) is 6.07 Å². The molecule has 15 heteroatoms. The molecule has 4 atom stereocenters. The number of nitriles is 1. The number of pyridine rings is 1. The highest BCUT2D eigenvalue weighted by Gasteiger charge is 2.49. The van der Waals surface area contributed by atoms with E-state index in [0.29, 0.717) is 26.1 Å². The fraction of sp³-hybridized carbons (Fsp3) is 0.484. The van der Waals surface area contributed by atoms with E-state index >= 15 is 0 Å². The van der Waals surface area contributed by atoms with Crippen LogP contribution in [0.4, 0.5) is 32.8 Å². The zero-order valence-electron chi connectivity index (χ0n) is 25.1. The second-order valence-electron chi connectivity index (χ2n) is 12.5. The first-order chi connectivity index (χ1) is 21.9. The number of nitrogens with two attached hydrogens (primary N) is 1. The largest absolute Gasteiger partial charge is 0.461 e. The molecule has 0 aliphatic carbocycles. The lowest BCUT2D eigenvalue weighted by atomic mass is 9.95. The third-order valence-electron chi connectivity index (χ3n) is 9.39. The summed E-state index contributed by atoms with van der Waals surface area (Å²) in [5.41, 5.74) is 3.74. The van der Waals surface area contributed by atoms with Crippen molar-refractivity contribution in [2.45, 2.75) is 63.1 Å². The van der Waals surface area contributed by atoms with Gasteiger partial charge in [0, 0.05) is 49.1 Å². The molecule has 3 aliphatic heterocycles. The van der Waals surface area contributed by atoms with Gasteiger partial charge >= 0.3 is 12.2 Å². The maximum absolute atomic E-state index is 14.8. The summed E-state index contributed by atoms with van der Waals surface area (Å²) in [6, 6.07) is 5.22. The Bertz CT molecular complexity index is 1890. The number of hydrogen-bond acceptors (Lipinski definition) is 10. The first kappa shape index (κ1) is 30.8. The van der Waals surface area contributed by atoms with E-state index in [1.165, 1.54) is 12.1 Å². The van der Waals surface area contributed by atoms with Gasteiger partial charge in [0.05, 0.1) is 21.3 Å². The van der Waals surface area contributed by atoms with Crippen molar-refractivity contribution in [1.82, 2.24) is 25.2 Å². The number of aromatic nitrogens is 3. The zero-order valence-corrected chi connectivity index (χ0v) is 25.9. The summed E-state index contributed by atoms with van der Waals surface area (Å²) >= 11 is 0.795. The molecule has 4 aromatic rings. The van der Waals surface area contributed by atoms with Crippen LogP contribution in [0.25, 0.3) is 32.2 Å². The number of alkyl halides is 4. The monoisotopic (exact) mass is 658 g/mol. The number of nitrogen functional groups attached to an aromatic ring is 1. The summed E-state index contributed by atoms with van der Waals surface area (Å²) in [4.78, 5) is 17.3. The van der Waals surface area contributed by atoms with Crippen molar-refractivity contribution in [3.63, 3.8) is 0 Å². The van der Waals surface area contributed by atoms with Crippen molar-refractivity contribution in [3.05, 3.63) is 35.3 Å². The summed E-state index contributed by atoms with van der Waals surface area (Å²) in [6.45, 7) is 6.13. The predicted molar refractivity (Wildman–Crippen MR) is 165 cm³/mol. The first-order valence-corrected chi connectivity index (χ1v) is 15.9. The molecule has 0 unspecified atom stereocenters. The fourth-order valence-corrected chi connectivity index (χ4v) is 8.15. The van der Waals surface area contributed by atoms with E-state index in [1.54, 1.807) is 0 Å². The van der Waals surface area contributed by atoms with E-state index in [2.05, 4.69) is 25.2 Å². The highest BCUT2D eigenvalue weighted by atomic mass is 32.1. The van der Waals surface area contributed by atoms with Crippen LogP contribution in [0.3, 0.4) is 0 Å². The SMILES string of the molecule is C[C@@H]1CN(c2nc(OC[C@@]34CCCN3C[C@H](F)C4)nc3cc(-c4ccc(F)c5sc(N)c(C#N)c45)c(C(F)(F)F)nc23)[C@@H](C)CN1. The van der Waals surface area contributed by atoms with Crippen molar-refractivity contribution in [2.75, 3.05) is 43.4 Å². The van der Waals surface area contributed by atoms with Crippen LogP contribution >= 0.6 is 11.3 Å². The lowest BCUT2D eigenvalue weighted by Crippen LogP contribution is -2.54. The second kappa shape index (κ2) is 11.1. The Balaban J connectivity index is 1.44. The Morgan fingerprint density at radius 3 is 2.76 bits per heavy atom. The summed E-state index contributed by atoms with van der Waals surface area (Å²) in [5, 5.41) is 13.1. The second-order valence-corrected chi connectivity index (χ2v) is 13.6. The lowest BCUT2D eigenvalue weighted by molar-refractivity contribution is -0.140. The van der Waals surface area contributed by atoms with Gasteiger partial charge in [0.2, 0.25) is 0 Å². The number of fused-ring (bicyclic) bond motifs is 3. The Hall–Kier alpha value is -3.87. The van der Waals surface area contributed by atoms with Gasteiger partial charge in [-0.25, -0.2) is 13.8 Å². The smallest absolute Gasteiger partial charge is 0.433 e. The summed E-state index contributed by atoms with van der Waals surface area (Å²) in [7, 11) is 0. The van der Waals surface area contributed by atoms with Crippen molar-refractivity contribution in [3.8, 4) is 23.2 Å². The number of benzene rings is 1. The number of hydrogen-bond donors (Lipinski definition) is 2. The normalized spacial score (nSPS) is 25.3. The molecule has 7 rings (SSSR count). The number of nitrogens with zero attached hydrogens (tertiary/aromatic N) is 6. The quantitative estimate of drug-likeness (QED) is 0.262. The van der Waals surface area contributed by atoms with Crippen LogP contribution in [0.2, 0.25) is 0 Å². The highest BCUT2D eigenvalue weighted by molar-refractivity contribution is 7.23. The van der Waals surface area contributed by atoms with Gasteiger partial charge in [-0.3, -0.25) is 4.90 Å². The predicted octanol–water partition coefficient (Wildman–Crippen LogP) is 5.66. The Morgan fingerprint density at radius 1 is 1.20 bits per heavy atom. The van der Waals surface area contributed by atoms with E-state index < -0.39 is 29.4 Å². The average molecular weight is 659 g/mol. The van der Waals surface area contributed by atoms with Gasteiger partial charge in [-0.2, -0.15) is 28.4 Å². The van der Waals surface area contributed by atoms with Gasteiger partial charge < -0.3 is 20.7 Å². The van der Waals surface area contributed by atoms with Crippen molar-refractivity contribution in [1.29, 1.82) is 5.26 Å². The van der Waals surface area contributed by atoms with Crippen molar-refractivity contribution in [2.24, 2.45) is 0 Å². The average Bonchev–Trinajstić information content (AvgIpc) is 3.65. The topological polar surface area (TPSA) is 116 Å². The van der Waals surface area contributed by atoms with Gasteiger partial charge in [0.25, 0.3) is 0 Å². The molecular weight excluding hydrogens is 627 g/mol. The number of thiophene rings is 1. The summed E-state index contributed by atoms with van der Waals surface area (Å²) < 4.78 is 79.9. The molecule has 242 valence electrons. The third kappa shape index (κ3) is 5.07. The fourth-order valence-electron chi connectivity index (χ4n) is 7.20. The van der Waals surface area contributed by atoms with Crippen LogP contribution in [-0.4, -0.2) is 76.4 Å². The number of rotatable bonds is 5. The molecule has 0 saturated carbocycles. The number of piperazine rings is 1. The van der Waals surface area contributed by atoms with E-state index in [4.69, 9.17) is 10.5 Å². The maximum Gasteiger partial charge on any atom is 0.433 e. The van der Waals surface area contributed by atoms with Crippen LogP contribution in [0.5, 0.6) is 6.01 Å². The lowest BCUT2D eigenvalue weighted by Gasteiger charge is -2.38. The molecule has 3 aliphatic rings. The van der Waals surface area contributed by atoms with Gasteiger partial charge in [0.1, 0.15) is 35.2 Å². The Morgan fingerprint density at radius 2 is 2.00 bits per heavy atom. The molecule has 3 aromatic heterocycles. The molecular formula is C31H31F5N8OS. The van der Waals surface area contributed by atoms with Crippen LogP contribution in [0, 0.1) is 17.1 Å². The minimum absolute atomic E-state index is 0.00367. The molecule has 0 spiro atoms. The van der Waals surface area contributed by atoms with Crippen LogP contribution < -0.4 is 20.7 Å². The molecule has 0 amide bonds. The molecule has 3 fully saturated rings. The zero-order chi connectivity index (χ0) is 32.5. The molecule has 3 N–H and O–H groups in total. The van der Waals surface area contributed by atoms with Gasteiger partial charge in [-0.15, -0.1) is 11.3 Å². The standard InChI is InChI=1S/C31H31F5N8OS/c1-15-12-44(16(2)11-39-15)28-24-22(40-29(42-28)45-14-30-6-3-7-43(30)13-17(32)9-30)8-19(26(41-24)31(34,35)36)18-4-5-21(33)25-23(18)20(10-37)27(38)46-25/h4-5,8,15-17,39H,3,6-7,9,11-14,38H2,1-2H3/t15-,16+,17-,30+/m1/s1. The number of anilines is 2. The molecule has 0 bridgehead atoms. The first-order valence-electron chi connectivity index (χ1n) is 15.1. The van der Waals surface area contributed by atoms with Gasteiger partial charge in [-0.05, 0) is 50.9 Å². The third-order valence-corrected chi connectivity index (χ3v) is 10.4. The minimum Gasteiger partial charge on any atom is -0.461 e. The molecule has 3 saturated heterocycles. The molecule has 0 radical (unpaired) electrons. The van der Waals surface area contributed by atoms with E-state index in [0.717, 1.165) is 36.8 Å². The summed E-state index contributed by atoms with van der Waals surface area (Å²) in [6.07, 6.45) is -3.90. The van der Waals surface area contributed by atoms with Crippen molar-refractivity contribution < 1.29 is 26.7 Å². The van der Waals surface area contributed by atoms with Crippen LogP contribution in [-0.2, 0) is 6.18 Å². The minimum atomic E-state index is -4.93. The van der Waals surface area contributed by atoms with Crippen LogP contribution in [0.15, 0.2) is 18.2 Å². The number of halogens is 5. The summed E-state index contributed by atoms with van der Waals surface area (Å²) in [5.74, 6) is -0.514. The maximum atomic E-state index is 14.8. The van der Waals surface area contributed by atoms with Gasteiger partial charge in [0.15, 0.2) is 11.5 Å². The molecule has 1 aromatic carbocycles. The van der Waals surface area contributed by atoms with E-state index in [9.17, 15) is 27.2 Å². The Labute approximate surface area is 265 Å². The van der Waals surface area contributed by atoms with E-state index in [1.807, 2.05) is 24.8 Å². The Kier molecular flexibility index (Phi) is 7.45. The molecule has 9 nitrogen and oxygen atoms in total. The van der Waals surface area contributed by atoms with Crippen LogP contribution in [0.1, 0.15) is 44.4 Å².